The maximum absolute atomic E-state index is 11.8. The number of imidazole rings is 1. The highest BCUT2D eigenvalue weighted by Gasteiger charge is 2.08. The van der Waals surface area contributed by atoms with Gasteiger partial charge in [0.1, 0.15) is 11.6 Å². The number of aromatic amines is 1. The number of rotatable bonds is 4. The fourth-order valence-electron chi connectivity index (χ4n) is 1.99. The van der Waals surface area contributed by atoms with Crippen molar-refractivity contribution in [1.29, 1.82) is 0 Å². The summed E-state index contributed by atoms with van der Waals surface area (Å²) in [6, 6.07) is 9.47. The van der Waals surface area contributed by atoms with Crippen molar-refractivity contribution in [2.24, 2.45) is 0 Å². The molecule has 0 spiro atoms. The second-order valence-electron chi connectivity index (χ2n) is 4.57. The van der Waals surface area contributed by atoms with Gasteiger partial charge in [0.15, 0.2) is 5.82 Å². The molecular formula is C14H14N4O2. The molecule has 0 atom stereocenters. The van der Waals surface area contributed by atoms with Gasteiger partial charge in [0.05, 0.1) is 11.0 Å². The van der Waals surface area contributed by atoms with Crippen molar-refractivity contribution in [3.05, 3.63) is 41.9 Å². The molecule has 0 saturated heterocycles. The highest BCUT2D eigenvalue weighted by Crippen LogP contribution is 2.12. The highest BCUT2D eigenvalue weighted by molar-refractivity contribution is 5.89. The number of fused-ring (bicyclic) bond motifs is 1. The van der Waals surface area contributed by atoms with Crippen LogP contribution in [0.25, 0.3) is 11.0 Å². The van der Waals surface area contributed by atoms with Gasteiger partial charge in [-0.15, -0.1) is 0 Å². The molecule has 3 aromatic rings. The van der Waals surface area contributed by atoms with Gasteiger partial charge in [0.25, 0.3) is 0 Å². The van der Waals surface area contributed by atoms with Crippen LogP contribution in [0.1, 0.15) is 18.0 Å². The summed E-state index contributed by atoms with van der Waals surface area (Å²) < 4.78 is 4.88. The quantitative estimate of drug-likeness (QED) is 0.762. The Hall–Kier alpha value is -2.63. The third-order valence-electron chi connectivity index (χ3n) is 2.92. The van der Waals surface area contributed by atoms with E-state index in [4.69, 9.17) is 4.52 Å². The van der Waals surface area contributed by atoms with Crippen LogP contribution in [0.2, 0.25) is 0 Å². The van der Waals surface area contributed by atoms with Crippen molar-refractivity contribution in [2.45, 2.75) is 19.8 Å². The van der Waals surface area contributed by atoms with Crippen molar-refractivity contribution in [2.75, 3.05) is 5.32 Å². The number of benzene rings is 1. The van der Waals surface area contributed by atoms with E-state index >= 15 is 0 Å². The molecule has 0 fully saturated rings. The molecule has 0 unspecified atom stereocenters. The molecular weight excluding hydrogens is 256 g/mol. The number of carbonyl (C=O) groups is 1. The minimum atomic E-state index is -0.112. The third kappa shape index (κ3) is 2.69. The Bertz CT molecular complexity index is 711. The average molecular weight is 270 g/mol. The molecule has 2 N–H and O–H groups in total. The van der Waals surface area contributed by atoms with Gasteiger partial charge in [-0.3, -0.25) is 4.79 Å². The number of H-pyrrole nitrogens is 1. The maximum Gasteiger partial charge on any atom is 0.226 e. The first-order valence-corrected chi connectivity index (χ1v) is 6.37. The zero-order valence-corrected chi connectivity index (χ0v) is 11.0. The summed E-state index contributed by atoms with van der Waals surface area (Å²) in [6.07, 6.45) is 0.892. The van der Waals surface area contributed by atoms with Crippen LogP contribution in [-0.4, -0.2) is 21.0 Å². The number of hydrogen-bond acceptors (Lipinski definition) is 4. The van der Waals surface area contributed by atoms with Crippen LogP contribution >= 0.6 is 0 Å². The Kier molecular flexibility index (Phi) is 3.20. The zero-order chi connectivity index (χ0) is 13.9. The average Bonchev–Trinajstić information content (AvgIpc) is 3.02. The second-order valence-corrected chi connectivity index (χ2v) is 4.57. The number of nitrogens with zero attached hydrogens (tertiary/aromatic N) is 2. The number of carbonyl (C=O) groups excluding carboxylic acids is 1. The predicted octanol–water partition coefficient (Wildman–Crippen LogP) is 2.43. The first-order chi connectivity index (χ1) is 9.70. The van der Waals surface area contributed by atoms with Crippen LogP contribution in [-0.2, 0) is 11.2 Å². The number of para-hydroxylation sites is 2. The number of aromatic nitrogens is 3. The van der Waals surface area contributed by atoms with Gasteiger partial charge in [0.2, 0.25) is 5.91 Å². The smallest absolute Gasteiger partial charge is 0.226 e. The first-order valence-electron chi connectivity index (χ1n) is 6.37. The normalized spacial score (nSPS) is 10.8. The van der Waals surface area contributed by atoms with Gasteiger partial charge < -0.3 is 14.8 Å². The zero-order valence-electron chi connectivity index (χ0n) is 11.0. The van der Waals surface area contributed by atoms with Crippen molar-refractivity contribution < 1.29 is 9.32 Å². The lowest BCUT2D eigenvalue weighted by Crippen LogP contribution is -2.12. The van der Waals surface area contributed by atoms with Crippen LogP contribution in [0.4, 0.5) is 5.82 Å². The standard InChI is InChI=1S/C14H14N4O2/c1-9-8-13(18-20-9)17-14(19)7-6-12-15-10-4-2-3-5-11(10)16-12/h2-5,8H,6-7H2,1H3,(H,15,16)(H,17,18,19). The number of aryl methyl sites for hydroxylation is 2. The molecule has 1 amide bonds. The minimum absolute atomic E-state index is 0.112. The van der Waals surface area contributed by atoms with Crippen LogP contribution in [0.15, 0.2) is 34.9 Å². The first kappa shape index (κ1) is 12.4. The molecule has 3 rings (SSSR count). The summed E-state index contributed by atoms with van der Waals surface area (Å²) in [4.78, 5) is 19.4. The molecule has 6 nitrogen and oxygen atoms in total. The molecule has 0 aliphatic heterocycles. The molecule has 2 aromatic heterocycles. The fraction of sp³-hybridized carbons (Fsp3) is 0.214. The van der Waals surface area contributed by atoms with Gasteiger partial charge in [-0.25, -0.2) is 4.98 Å². The predicted molar refractivity (Wildman–Crippen MR) is 74.3 cm³/mol. The maximum atomic E-state index is 11.8. The largest absolute Gasteiger partial charge is 0.360 e. The lowest BCUT2D eigenvalue weighted by atomic mass is 10.3. The molecule has 102 valence electrons. The monoisotopic (exact) mass is 270 g/mol. The lowest BCUT2D eigenvalue weighted by molar-refractivity contribution is -0.116. The van der Waals surface area contributed by atoms with Crippen molar-refractivity contribution >= 4 is 22.8 Å². The molecule has 0 radical (unpaired) electrons. The minimum Gasteiger partial charge on any atom is -0.360 e. The van der Waals surface area contributed by atoms with Crippen molar-refractivity contribution in [3.8, 4) is 0 Å². The Labute approximate surface area is 115 Å². The molecule has 0 saturated carbocycles. The Morgan fingerprint density at radius 2 is 2.25 bits per heavy atom. The Morgan fingerprint density at radius 1 is 1.40 bits per heavy atom. The van der Waals surface area contributed by atoms with Crippen LogP contribution in [0.5, 0.6) is 0 Å². The summed E-state index contributed by atoms with van der Waals surface area (Å²) in [5, 5.41) is 6.40. The van der Waals surface area contributed by atoms with Crippen molar-refractivity contribution in [1.82, 2.24) is 15.1 Å². The van der Waals surface area contributed by atoms with E-state index in [1.165, 1.54) is 0 Å². The molecule has 1 aromatic carbocycles. The van der Waals surface area contributed by atoms with E-state index < -0.39 is 0 Å². The van der Waals surface area contributed by atoms with E-state index in [0.29, 0.717) is 24.4 Å². The Morgan fingerprint density at radius 3 is 3.00 bits per heavy atom. The SMILES string of the molecule is Cc1cc(NC(=O)CCc2nc3ccccc3[nH]2)no1. The van der Waals surface area contributed by atoms with Gasteiger partial charge in [-0.1, -0.05) is 17.3 Å². The number of anilines is 1. The van der Waals surface area contributed by atoms with E-state index in [0.717, 1.165) is 16.9 Å². The fourth-order valence-corrected chi connectivity index (χ4v) is 1.99. The number of nitrogens with one attached hydrogen (secondary N) is 2. The van der Waals surface area contributed by atoms with Crippen molar-refractivity contribution in [3.63, 3.8) is 0 Å². The van der Waals surface area contributed by atoms with E-state index in [-0.39, 0.29) is 5.91 Å². The van der Waals surface area contributed by atoms with E-state index in [2.05, 4.69) is 20.4 Å². The lowest BCUT2D eigenvalue weighted by Gasteiger charge is -1.99. The van der Waals surface area contributed by atoms with Gasteiger partial charge in [0, 0.05) is 18.9 Å². The molecule has 20 heavy (non-hydrogen) atoms. The summed E-state index contributed by atoms with van der Waals surface area (Å²) in [5.41, 5.74) is 1.89. The molecule has 2 heterocycles. The number of amides is 1. The summed E-state index contributed by atoms with van der Waals surface area (Å²) in [5.74, 6) is 1.80. The van der Waals surface area contributed by atoms with Crippen LogP contribution in [0, 0.1) is 6.92 Å². The molecule has 0 aliphatic carbocycles. The number of hydrogen-bond donors (Lipinski definition) is 2. The molecule has 0 bridgehead atoms. The van der Waals surface area contributed by atoms with Gasteiger partial charge >= 0.3 is 0 Å². The topological polar surface area (TPSA) is 83.8 Å². The highest BCUT2D eigenvalue weighted by atomic mass is 16.5. The second kappa shape index (κ2) is 5.16. The van der Waals surface area contributed by atoms with E-state index in [1.54, 1.807) is 13.0 Å². The van der Waals surface area contributed by atoms with E-state index in [1.807, 2.05) is 24.3 Å². The summed E-state index contributed by atoms with van der Waals surface area (Å²) in [7, 11) is 0. The van der Waals surface area contributed by atoms with E-state index in [9.17, 15) is 4.79 Å². The van der Waals surface area contributed by atoms with Gasteiger partial charge in [-0.2, -0.15) is 0 Å². The van der Waals surface area contributed by atoms with Crippen LogP contribution < -0.4 is 5.32 Å². The molecule has 0 aliphatic rings. The third-order valence-corrected chi connectivity index (χ3v) is 2.92. The van der Waals surface area contributed by atoms with Crippen LogP contribution in [0.3, 0.4) is 0 Å². The van der Waals surface area contributed by atoms with Gasteiger partial charge in [-0.05, 0) is 19.1 Å². The Balaban J connectivity index is 1.59. The molecule has 6 heteroatoms. The summed E-state index contributed by atoms with van der Waals surface area (Å²) >= 11 is 0. The summed E-state index contributed by atoms with van der Waals surface area (Å²) in [6.45, 7) is 1.77.